The van der Waals surface area contributed by atoms with Crippen LogP contribution in [0.3, 0.4) is 0 Å². The normalized spacial score (nSPS) is 21.4. The van der Waals surface area contributed by atoms with Gasteiger partial charge in [-0.3, -0.25) is 13.6 Å². The van der Waals surface area contributed by atoms with Gasteiger partial charge in [0.15, 0.2) is 0 Å². The minimum atomic E-state index is -2.62. The molecule has 1 fully saturated rings. The van der Waals surface area contributed by atoms with Gasteiger partial charge in [0.1, 0.15) is 0 Å². The van der Waals surface area contributed by atoms with Crippen molar-refractivity contribution in [2.75, 3.05) is 52.7 Å². The van der Waals surface area contributed by atoms with E-state index in [0.717, 1.165) is 4.48 Å². The van der Waals surface area contributed by atoms with Crippen LogP contribution in [-0.4, -0.2) is 75.7 Å². The Morgan fingerprint density at radius 3 is 2.23 bits per heavy atom. The number of ether oxygens (including phenoxy) is 3. The zero-order chi connectivity index (χ0) is 18.2. The summed E-state index contributed by atoms with van der Waals surface area (Å²) in [6.07, 6.45) is 6.66. The van der Waals surface area contributed by atoms with E-state index in [2.05, 4.69) is 4.99 Å². The largest absolute Gasteiger partial charge is 0.677 e. The minimum absolute atomic E-state index is 0.425. The summed E-state index contributed by atoms with van der Waals surface area (Å²) >= 11 is 0. The molecule has 9 heteroatoms. The third kappa shape index (κ3) is 4.81. The first-order valence-electron chi connectivity index (χ1n) is 8.66. The van der Waals surface area contributed by atoms with E-state index in [4.69, 9.17) is 14.2 Å². The Bertz CT molecular complexity index is 650. The second-order valence-electron chi connectivity index (χ2n) is 5.77. The molecule has 1 saturated heterocycles. The van der Waals surface area contributed by atoms with E-state index < -0.39 is 7.40 Å². The SMILES string of the molecule is FB(F)n1cccc1/C(=C1/C=CC=N1)N1CCOCCOCCOCC1. The molecule has 0 spiro atoms. The van der Waals surface area contributed by atoms with Crippen LogP contribution in [0.1, 0.15) is 5.69 Å². The van der Waals surface area contributed by atoms with Crippen molar-refractivity contribution in [1.82, 2.24) is 9.38 Å². The van der Waals surface area contributed by atoms with Crippen LogP contribution in [0.15, 0.2) is 41.2 Å². The molecule has 1 aromatic rings. The van der Waals surface area contributed by atoms with E-state index in [0.29, 0.717) is 69.8 Å². The average molecular weight is 365 g/mol. The van der Waals surface area contributed by atoms with Crippen molar-refractivity contribution >= 4 is 19.3 Å². The highest BCUT2D eigenvalue weighted by Gasteiger charge is 2.26. The molecule has 2 aliphatic heterocycles. The molecule has 2 aliphatic rings. The molecular weight excluding hydrogens is 343 g/mol. The van der Waals surface area contributed by atoms with Crippen molar-refractivity contribution in [3.8, 4) is 0 Å². The van der Waals surface area contributed by atoms with Crippen molar-refractivity contribution in [1.29, 1.82) is 0 Å². The Balaban J connectivity index is 1.89. The van der Waals surface area contributed by atoms with Gasteiger partial charge >= 0.3 is 7.40 Å². The molecule has 0 saturated carbocycles. The van der Waals surface area contributed by atoms with Gasteiger partial charge in [-0.15, -0.1) is 0 Å². The molecular formula is C17H22BF2N3O3. The molecule has 0 bridgehead atoms. The summed E-state index contributed by atoms with van der Waals surface area (Å²) < 4.78 is 44.4. The molecule has 0 atom stereocenters. The van der Waals surface area contributed by atoms with Crippen LogP contribution < -0.4 is 0 Å². The molecule has 0 aliphatic carbocycles. The first kappa shape index (κ1) is 18.8. The predicted octanol–water partition coefficient (Wildman–Crippen LogP) is 1.93. The molecule has 6 nitrogen and oxygen atoms in total. The summed E-state index contributed by atoms with van der Waals surface area (Å²) in [6, 6.07) is 3.30. The highest BCUT2D eigenvalue weighted by molar-refractivity contribution is 6.41. The third-order valence-electron chi connectivity index (χ3n) is 4.10. The van der Waals surface area contributed by atoms with Crippen LogP contribution in [0.25, 0.3) is 5.70 Å². The number of nitrogens with zero attached hydrogens (tertiary/aromatic N) is 3. The van der Waals surface area contributed by atoms with Gasteiger partial charge in [-0.25, -0.2) is 0 Å². The van der Waals surface area contributed by atoms with Crippen molar-refractivity contribution < 1.29 is 22.8 Å². The fourth-order valence-corrected chi connectivity index (χ4v) is 2.89. The van der Waals surface area contributed by atoms with E-state index in [9.17, 15) is 8.63 Å². The number of aliphatic imine (C=N–C) groups is 1. The second-order valence-corrected chi connectivity index (χ2v) is 5.77. The van der Waals surface area contributed by atoms with Crippen molar-refractivity contribution in [3.63, 3.8) is 0 Å². The second kappa shape index (κ2) is 9.66. The van der Waals surface area contributed by atoms with Crippen LogP contribution in [0, 0.1) is 0 Å². The molecule has 3 heterocycles. The Labute approximate surface area is 151 Å². The van der Waals surface area contributed by atoms with E-state index in [1.54, 1.807) is 24.4 Å². The predicted molar refractivity (Wildman–Crippen MR) is 96.4 cm³/mol. The average Bonchev–Trinajstić information content (AvgIpc) is 3.29. The Morgan fingerprint density at radius 1 is 1.00 bits per heavy atom. The number of halogens is 2. The van der Waals surface area contributed by atoms with Gasteiger partial charge in [-0.05, 0) is 30.5 Å². The highest BCUT2D eigenvalue weighted by atomic mass is 19.2. The summed E-state index contributed by atoms with van der Waals surface area (Å²) in [7, 11) is -2.62. The standard InChI is InChI=1S/C17H22BF2N3O3/c19-18(20)23-6-2-4-16(23)17(15-3-1-5-21-15)22-7-9-24-11-13-26-14-12-25-10-8-22/h1-6H,7-14H2/b17-15+. The fraction of sp³-hybridized carbons (Fsp3) is 0.471. The molecule has 140 valence electrons. The van der Waals surface area contributed by atoms with Gasteiger partial charge < -0.3 is 23.6 Å². The number of rotatable bonds is 3. The van der Waals surface area contributed by atoms with Crippen LogP contribution >= 0.6 is 0 Å². The van der Waals surface area contributed by atoms with Crippen molar-refractivity contribution in [2.24, 2.45) is 4.99 Å². The summed E-state index contributed by atoms with van der Waals surface area (Å²) in [6.45, 7) is 4.01. The maximum Gasteiger partial charge on any atom is 0.677 e. The van der Waals surface area contributed by atoms with Gasteiger partial charge in [0.2, 0.25) is 0 Å². The van der Waals surface area contributed by atoms with Gasteiger partial charge in [0, 0.05) is 19.3 Å². The lowest BCUT2D eigenvalue weighted by Gasteiger charge is -2.29. The summed E-state index contributed by atoms with van der Waals surface area (Å²) in [5.41, 5.74) is 1.73. The lowest BCUT2D eigenvalue weighted by atomic mass is 10.1. The van der Waals surface area contributed by atoms with Crippen LogP contribution in [0.2, 0.25) is 0 Å². The summed E-state index contributed by atoms with van der Waals surface area (Å²) in [5.74, 6) is 0. The Hall–Kier alpha value is -1.97. The van der Waals surface area contributed by atoms with Crippen LogP contribution in [0.4, 0.5) is 8.63 Å². The topological polar surface area (TPSA) is 48.2 Å². The third-order valence-corrected chi connectivity index (χ3v) is 4.10. The number of hydrogen-bond donors (Lipinski definition) is 0. The maximum absolute atomic E-state index is 13.4. The number of allylic oxidation sites excluding steroid dienone is 2. The quantitative estimate of drug-likeness (QED) is 0.769. The molecule has 0 amide bonds. The van der Waals surface area contributed by atoms with Crippen LogP contribution in [-0.2, 0) is 14.2 Å². The summed E-state index contributed by atoms with van der Waals surface area (Å²) in [4.78, 5) is 6.34. The van der Waals surface area contributed by atoms with Gasteiger partial charge in [-0.2, -0.15) is 0 Å². The maximum atomic E-state index is 13.4. The van der Waals surface area contributed by atoms with E-state index in [1.165, 1.54) is 6.20 Å². The van der Waals surface area contributed by atoms with E-state index in [-0.39, 0.29) is 0 Å². The van der Waals surface area contributed by atoms with E-state index >= 15 is 0 Å². The molecule has 26 heavy (non-hydrogen) atoms. The summed E-state index contributed by atoms with van der Waals surface area (Å²) in [5, 5.41) is 0. The first-order valence-corrected chi connectivity index (χ1v) is 8.66. The van der Waals surface area contributed by atoms with Crippen molar-refractivity contribution in [2.45, 2.75) is 0 Å². The fourth-order valence-electron chi connectivity index (χ4n) is 2.89. The zero-order valence-corrected chi connectivity index (χ0v) is 14.5. The Morgan fingerprint density at radius 2 is 1.65 bits per heavy atom. The molecule has 0 unspecified atom stereocenters. The molecule has 1 aromatic heterocycles. The minimum Gasteiger partial charge on any atom is -0.377 e. The zero-order valence-electron chi connectivity index (χ0n) is 14.5. The monoisotopic (exact) mass is 365 g/mol. The smallest absolute Gasteiger partial charge is 0.377 e. The molecule has 3 rings (SSSR count). The Kier molecular flexibility index (Phi) is 6.99. The molecule has 0 radical (unpaired) electrons. The highest BCUT2D eigenvalue weighted by Crippen LogP contribution is 2.27. The van der Waals surface area contributed by atoms with Crippen LogP contribution in [0.5, 0.6) is 0 Å². The van der Waals surface area contributed by atoms with Gasteiger partial charge in [0.25, 0.3) is 0 Å². The first-order chi connectivity index (χ1) is 12.8. The lowest BCUT2D eigenvalue weighted by Crippen LogP contribution is -2.33. The number of hydrogen-bond acceptors (Lipinski definition) is 5. The molecule has 0 aromatic carbocycles. The van der Waals surface area contributed by atoms with Gasteiger partial charge in [-0.1, -0.05) is 0 Å². The van der Waals surface area contributed by atoms with Gasteiger partial charge in [0.05, 0.1) is 56.7 Å². The number of aromatic nitrogens is 1. The molecule has 0 N–H and O–H groups in total. The van der Waals surface area contributed by atoms with Crippen molar-refractivity contribution in [3.05, 3.63) is 41.9 Å². The lowest BCUT2D eigenvalue weighted by molar-refractivity contribution is 0.000504. The van der Waals surface area contributed by atoms with E-state index in [1.807, 2.05) is 11.0 Å².